The molecule has 0 aromatic carbocycles. The van der Waals surface area contributed by atoms with Gasteiger partial charge in [-0.3, -0.25) is 4.79 Å². The Bertz CT molecular complexity index is 350. The predicted octanol–water partition coefficient (Wildman–Crippen LogP) is 0.679. The summed E-state index contributed by atoms with van der Waals surface area (Å²) in [4.78, 5) is 10.6. The summed E-state index contributed by atoms with van der Waals surface area (Å²) in [5, 5.41) is 8.57. The lowest BCUT2D eigenvalue weighted by Crippen LogP contribution is -2.54. The van der Waals surface area contributed by atoms with Crippen molar-refractivity contribution in [2.75, 3.05) is 0 Å². The van der Waals surface area contributed by atoms with Crippen LogP contribution in [0.5, 0.6) is 0 Å². The van der Waals surface area contributed by atoms with Gasteiger partial charge >= 0.3 is 21.5 Å². The molecule has 0 heterocycles. The molecule has 0 aliphatic heterocycles. The van der Waals surface area contributed by atoms with Crippen molar-refractivity contribution in [3.05, 3.63) is 0 Å². The first-order valence-corrected chi connectivity index (χ1v) is 5.28. The first kappa shape index (κ1) is 14.2. The van der Waals surface area contributed by atoms with Crippen molar-refractivity contribution in [2.24, 2.45) is 0 Å². The smallest absolute Gasteiger partial charge is 0.480 e. The van der Waals surface area contributed by atoms with Crippen molar-refractivity contribution in [2.45, 2.75) is 31.3 Å². The Morgan fingerprint density at radius 2 is 1.80 bits per heavy atom. The Morgan fingerprint density at radius 3 is 2.00 bits per heavy atom. The van der Waals surface area contributed by atoms with Gasteiger partial charge in [-0.05, 0) is 13.3 Å². The maximum atomic E-state index is 11.9. The standard InChI is InChI=1S/C6H10F3NO4S/c1-3-5(2,4(11)12)10-15(13,14)6(7,8)9/h10H,3H2,1-2H3,(H,11,12). The highest BCUT2D eigenvalue weighted by Gasteiger charge is 2.50. The van der Waals surface area contributed by atoms with Gasteiger partial charge in [0, 0.05) is 0 Å². The van der Waals surface area contributed by atoms with Gasteiger partial charge in [-0.15, -0.1) is 0 Å². The summed E-state index contributed by atoms with van der Waals surface area (Å²) < 4.78 is 58.1. The number of hydrogen-bond donors (Lipinski definition) is 2. The Labute approximate surface area is 84.3 Å². The van der Waals surface area contributed by atoms with Gasteiger partial charge in [0.1, 0.15) is 5.54 Å². The molecule has 0 rings (SSSR count). The van der Waals surface area contributed by atoms with Crippen LogP contribution in [0.25, 0.3) is 0 Å². The molecular formula is C6H10F3NO4S. The summed E-state index contributed by atoms with van der Waals surface area (Å²) in [6.45, 7) is 2.12. The third kappa shape index (κ3) is 3.06. The number of sulfonamides is 1. The van der Waals surface area contributed by atoms with E-state index in [4.69, 9.17) is 5.11 Å². The van der Waals surface area contributed by atoms with Crippen molar-refractivity contribution in [1.82, 2.24) is 4.72 Å². The molecule has 90 valence electrons. The largest absolute Gasteiger partial charge is 0.511 e. The molecule has 5 nitrogen and oxygen atoms in total. The number of hydrogen-bond acceptors (Lipinski definition) is 3. The van der Waals surface area contributed by atoms with Crippen LogP contribution in [0.15, 0.2) is 0 Å². The molecule has 1 unspecified atom stereocenters. The lowest BCUT2D eigenvalue weighted by Gasteiger charge is -2.24. The second-order valence-corrected chi connectivity index (χ2v) is 4.72. The molecule has 9 heteroatoms. The van der Waals surface area contributed by atoms with E-state index in [1.165, 1.54) is 6.92 Å². The number of alkyl halides is 3. The summed E-state index contributed by atoms with van der Waals surface area (Å²) in [7, 11) is -5.64. The number of halogens is 3. The Kier molecular flexibility index (Phi) is 3.75. The maximum absolute atomic E-state index is 11.9. The highest BCUT2D eigenvalue weighted by Crippen LogP contribution is 2.24. The number of carboxylic acid groups (broad SMARTS) is 1. The minimum absolute atomic E-state index is 0.308. The summed E-state index contributed by atoms with van der Waals surface area (Å²) >= 11 is 0. The fourth-order valence-electron chi connectivity index (χ4n) is 0.621. The van der Waals surface area contributed by atoms with E-state index < -0.39 is 27.0 Å². The minimum atomic E-state index is -5.64. The monoisotopic (exact) mass is 249 g/mol. The van der Waals surface area contributed by atoms with Crippen molar-refractivity contribution >= 4 is 16.0 Å². The summed E-state index contributed by atoms with van der Waals surface area (Å²) in [5.74, 6) is -1.67. The van der Waals surface area contributed by atoms with Crippen molar-refractivity contribution < 1.29 is 31.5 Å². The van der Waals surface area contributed by atoms with E-state index in [2.05, 4.69) is 0 Å². The van der Waals surface area contributed by atoms with Gasteiger partial charge in [0.15, 0.2) is 0 Å². The van der Waals surface area contributed by atoms with E-state index >= 15 is 0 Å². The normalized spacial score (nSPS) is 17.1. The highest BCUT2D eigenvalue weighted by atomic mass is 32.2. The van der Waals surface area contributed by atoms with Gasteiger partial charge in [-0.1, -0.05) is 6.92 Å². The van der Waals surface area contributed by atoms with Crippen molar-refractivity contribution in [1.29, 1.82) is 0 Å². The average molecular weight is 249 g/mol. The van der Waals surface area contributed by atoms with Gasteiger partial charge in [0.05, 0.1) is 0 Å². The molecule has 1 atom stereocenters. The highest BCUT2D eigenvalue weighted by molar-refractivity contribution is 7.90. The van der Waals surface area contributed by atoms with Crippen LogP contribution in [0.2, 0.25) is 0 Å². The quantitative estimate of drug-likeness (QED) is 0.767. The predicted molar refractivity (Wildman–Crippen MR) is 44.4 cm³/mol. The van der Waals surface area contributed by atoms with Crippen LogP contribution in [-0.2, 0) is 14.8 Å². The summed E-state index contributed by atoms with van der Waals surface area (Å²) in [6.07, 6.45) is -0.308. The minimum Gasteiger partial charge on any atom is -0.480 e. The van der Waals surface area contributed by atoms with E-state index in [-0.39, 0.29) is 6.42 Å². The molecule has 0 spiro atoms. The lowest BCUT2D eigenvalue weighted by molar-refractivity contribution is -0.143. The van der Waals surface area contributed by atoms with Gasteiger partial charge in [-0.2, -0.15) is 17.9 Å². The molecular weight excluding hydrogens is 239 g/mol. The van der Waals surface area contributed by atoms with Crippen LogP contribution >= 0.6 is 0 Å². The first-order chi connectivity index (χ1) is 6.46. The number of carbonyl (C=O) groups is 1. The number of nitrogens with one attached hydrogen (secondary N) is 1. The summed E-state index contributed by atoms with van der Waals surface area (Å²) in [6, 6.07) is 0. The fraction of sp³-hybridized carbons (Fsp3) is 0.833. The number of carboxylic acids is 1. The van der Waals surface area contributed by atoms with E-state index in [1.807, 2.05) is 0 Å². The van der Waals surface area contributed by atoms with Gasteiger partial charge in [-0.25, -0.2) is 8.42 Å². The molecule has 0 saturated carbocycles. The van der Waals surface area contributed by atoms with E-state index in [1.54, 1.807) is 0 Å². The molecule has 0 aliphatic carbocycles. The second kappa shape index (κ2) is 3.97. The van der Waals surface area contributed by atoms with Crippen LogP contribution in [-0.4, -0.2) is 30.5 Å². The molecule has 0 bridgehead atoms. The molecule has 15 heavy (non-hydrogen) atoms. The average Bonchev–Trinajstić information content (AvgIpc) is 2.00. The van der Waals surface area contributed by atoms with Crippen molar-refractivity contribution in [3.8, 4) is 0 Å². The topological polar surface area (TPSA) is 83.5 Å². The Morgan fingerprint density at radius 1 is 1.40 bits per heavy atom. The third-order valence-electron chi connectivity index (χ3n) is 1.84. The molecule has 0 radical (unpaired) electrons. The van der Waals surface area contributed by atoms with E-state index in [0.29, 0.717) is 0 Å². The van der Waals surface area contributed by atoms with Gasteiger partial charge in [0.25, 0.3) is 0 Å². The van der Waals surface area contributed by atoms with Crippen molar-refractivity contribution in [3.63, 3.8) is 0 Å². The van der Waals surface area contributed by atoms with Gasteiger partial charge < -0.3 is 5.11 Å². The summed E-state index contributed by atoms with van der Waals surface area (Å²) in [5.41, 5.74) is -7.67. The van der Waals surface area contributed by atoms with E-state index in [0.717, 1.165) is 11.6 Å². The van der Waals surface area contributed by atoms with Crippen LogP contribution in [0.1, 0.15) is 20.3 Å². The first-order valence-electron chi connectivity index (χ1n) is 3.80. The van der Waals surface area contributed by atoms with Crippen LogP contribution in [0.4, 0.5) is 13.2 Å². The molecule has 0 amide bonds. The van der Waals surface area contributed by atoms with Crippen LogP contribution in [0.3, 0.4) is 0 Å². The number of aliphatic carboxylic acids is 1. The molecule has 0 aromatic rings. The lowest BCUT2D eigenvalue weighted by atomic mass is 10.0. The third-order valence-corrected chi connectivity index (χ3v) is 3.17. The SMILES string of the molecule is CCC(C)(NS(=O)(=O)C(F)(F)F)C(=O)O. The molecule has 0 aromatic heterocycles. The fourth-order valence-corrected chi connectivity index (χ4v) is 1.56. The molecule has 2 N–H and O–H groups in total. The zero-order chi connectivity index (χ0) is 12.5. The Balaban J connectivity index is 5.12. The maximum Gasteiger partial charge on any atom is 0.511 e. The van der Waals surface area contributed by atoms with Gasteiger partial charge in [0.2, 0.25) is 0 Å². The molecule has 0 fully saturated rings. The number of rotatable bonds is 4. The Hall–Kier alpha value is -0.830. The molecule has 0 saturated heterocycles. The second-order valence-electron chi connectivity index (χ2n) is 3.04. The zero-order valence-electron chi connectivity index (χ0n) is 7.92. The van der Waals surface area contributed by atoms with E-state index in [9.17, 15) is 26.4 Å². The molecule has 0 aliphatic rings. The van der Waals surface area contributed by atoms with Crippen LogP contribution in [0, 0.1) is 0 Å². The zero-order valence-corrected chi connectivity index (χ0v) is 8.74. The van der Waals surface area contributed by atoms with Crippen LogP contribution < -0.4 is 4.72 Å².